The van der Waals surface area contributed by atoms with Gasteiger partial charge in [-0.1, -0.05) is 84.4 Å². The van der Waals surface area contributed by atoms with Crippen molar-refractivity contribution >= 4 is 67.1 Å². The Morgan fingerprint density at radius 2 is 1.43 bits per heavy atom. The number of carbonyl (C=O) groups excluding carboxylic acids is 1. The topological polar surface area (TPSA) is 37.6 Å². The molecule has 1 amide bonds. The van der Waals surface area contributed by atoms with Crippen molar-refractivity contribution in [1.82, 2.24) is 4.57 Å². The first kappa shape index (κ1) is 28.3. The lowest BCUT2D eigenvalue weighted by Crippen LogP contribution is -2.28. The third kappa shape index (κ3) is 5.61. The lowest BCUT2D eigenvalue weighted by molar-refractivity contribution is -0.113. The van der Waals surface area contributed by atoms with Gasteiger partial charge in [-0.15, -0.1) is 0 Å². The molecule has 0 bridgehead atoms. The van der Waals surface area contributed by atoms with Gasteiger partial charge < -0.3 is 4.57 Å². The van der Waals surface area contributed by atoms with Gasteiger partial charge in [0.05, 0.1) is 16.3 Å². The zero-order valence-corrected chi connectivity index (χ0v) is 26.4. The molecule has 0 radical (unpaired) electrons. The SMILES string of the molecule is CCc1ccc(N=C2S/C(=C\c3c(C)n(Cc4ccc(Br)cc4)c4ccccc34)C(=O)N2c2ccc(CC)cc2)cc1. The summed E-state index contributed by atoms with van der Waals surface area (Å²) >= 11 is 4.98. The number of amides is 1. The molecule has 1 fully saturated rings. The summed E-state index contributed by atoms with van der Waals surface area (Å²) in [5, 5.41) is 1.79. The maximum absolute atomic E-state index is 14.1. The van der Waals surface area contributed by atoms with E-state index in [1.807, 2.05) is 24.3 Å². The standard InChI is InChI=1S/C36H32BrN3OS/c1-4-25-12-18-29(19-13-25)38-36-40(30-20-14-26(5-2)15-21-30)35(41)34(42-36)22-32-24(3)39(33-9-7-6-8-31(32)33)23-27-10-16-28(37)17-11-27/h6-22H,4-5,23H2,1-3H3/b34-22-,38-36?. The fraction of sp³-hybridized carbons (Fsp3) is 0.167. The first-order chi connectivity index (χ1) is 20.4. The fourth-order valence-corrected chi connectivity index (χ4v) is 6.57. The van der Waals surface area contributed by atoms with E-state index < -0.39 is 0 Å². The number of thioether (sulfide) groups is 1. The molecule has 2 heterocycles. The number of para-hydroxylation sites is 1. The second kappa shape index (κ2) is 12.2. The summed E-state index contributed by atoms with van der Waals surface area (Å²) in [6, 6.07) is 33.3. The molecule has 0 atom stereocenters. The lowest BCUT2D eigenvalue weighted by Gasteiger charge is -2.16. The maximum atomic E-state index is 14.1. The van der Waals surface area contributed by atoms with Crippen LogP contribution in [0.15, 0.2) is 111 Å². The van der Waals surface area contributed by atoms with Crippen molar-refractivity contribution < 1.29 is 4.79 Å². The quantitative estimate of drug-likeness (QED) is 0.167. The molecule has 1 saturated heterocycles. The van der Waals surface area contributed by atoms with Gasteiger partial charge in [-0.3, -0.25) is 9.69 Å². The summed E-state index contributed by atoms with van der Waals surface area (Å²) < 4.78 is 3.40. The first-order valence-corrected chi connectivity index (χ1v) is 15.9. The Morgan fingerprint density at radius 1 is 0.810 bits per heavy atom. The molecule has 0 N–H and O–H groups in total. The molecule has 4 nitrogen and oxygen atoms in total. The third-order valence-electron chi connectivity index (χ3n) is 7.79. The van der Waals surface area contributed by atoms with Crippen molar-refractivity contribution in [2.75, 3.05) is 4.90 Å². The molecule has 5 aromatic rings. The fourth-order valence-electron chi connectivity index (χ4n) is 5.32. The summed E-state index contributed by atoms with van der Waals surface area (Å²) in [4.78, 5) is 21.5. The number of aryl methyl sites for hydroxylation is 2. The summed E-state index contributed by atoms with van der Waals surface area (Å²) in [5.41, 5.74) is 8.71. The van der Waals surface area contributed by atoms with Crippen molar-refractivity contribution in [3.05, 3.63) is 134 Å². The van der Waals surface area contributed by atoms with E-state index in [1.165, 1.54) is 28.5 Å². The molecule has 0 unspecified atom stereocenters. The van der Waals surface area contributed by atoms with Gasteiger partial charge >= 0.3 is 0 Å². The molecule has 0 spiro atoms. The Labute approximate surface area is 259 Å². The minimum atomic E-state index is -0.0580. The number of rotatable bonds is 7. The maximum Gasteiger partial charge on any atom is 0.271 e. The van der Waals surface area contributed by atoms with Gasteiger partial charge in [0.2, 0.25) is 0 Å². The summed E-state index contributed by atoms with van der Waals surface area (Å²) in [6.07, 6.45) is 3.98. The molecule has 4 aromatic carbocycles. The highest BCUT2D eigenvalue weighted by molar-refractivity contribution is 9.10. The number of benzene rings is 4. The summed E-state index contributed by atoms with van der Waals surface area (Å²) in [6.45, 7) is 7.17. The van der Waals surface area contributed by atoms with E-state index in [0.717, 1.165) is 57.4 Å². The smallest absolute Gasteiger partial charge is 0.271 e. The van der Waals surface area contributed by atoms with Crippen LogP contribution in [-0.2, 0) is 24.2 Å². The van der Waals surface area contributed by atoms with Crippen molar-refractivity contribution in [2.24, 2.45) is 4.99 Å². The van der Waals surface area contributed by atoms with Gasteiger partial charge in [0.25, 0.3) is 5.91 Å². The van der Waals surface area contributed by atoms with Crippen molar-refractivity contribution in [1.29, 1.82) is 0 Å². The van der Waals surface area contributed by atoms with Gasteiger partial charge in [-0.05, 0) is 96.8 Å². The van der Waals surface area contributed by atoms with Crippen LogP contribution < -0.4 is 4.90 Å². The van der Waals surface area contributed by atoms with Crippen LogP contribution in [-0.4, -0.2) is 15.6 Å². The van der Waals surface area contributed by atoms with Crippen molar-refractivity contribution in [2.45, 2.75) is 40.2 Å². The number of hydrogen-bond donors (Lipinski definition) is 0. The average molecular weight is 635 g/mol. The Balaban J connectivity index is 1.43. The molecule has 42 heavy (non-hydrogen) atoms. The largest absolute Gasteiger partial charge is 0.340 e. The average Bonchev–Trinajstić information content (AvgIpc) is 3.47. The van der Waals surface area contributed by atoms with Crippen LogP contribution >= 0.6 is 27.7 Å². The molecule has 1 aromatic heterocycles. The molecular formula is C36H32BrN3OS. The minimum Gasteiger partial charge on any atom is -0.340 e. The number of nitrogens with zero attached hydrogens (tertiary/aromatic N) is 3. The number of halogens is 1. The van der Waals surface area contributed by atoms with Gasteiger partial charge in [-0.25, -0.2) is 4.99 Å². The molecule has 1 aliphatic rings. The van der Waals surface area contributed by atoms with E-state index in [-0.39, 0.29) is 5.91 Å². The van der Waals surface area contributed by atoms with E-state index in [2.05, 4.69) is 120 Å². The highest BCUT2D eigenvalue weighted by atomic mass is 79.9. The predicted octanol–water partition coefficient (Wildman–Crippen LogP) is 9.69. The van der Waals surface area contributed by atoms with Crippen molar-refractivity contribution in [3.8, 4) is 0 Å². The van der Waals surface area contributed by atoms with Crippen molar-refractivity contribution in [3.63, 3.8) is 0 Å². The molecule has 210 valence electrons. The van der Waals surface area contributed by atoms with Crippen LogP contribution in [0.2, 0.25) is 0 Å². The first-order valence-electron chi connectivity index (χ1n) is 14.3. The number of aliphatic imine (C=N–C) groups is 1. The van der Waals surface area contributed by atoms with Crippen LogP contribution in [0.1, 0.15) is 41.8 Å². The van der Waals surface area contributed by atoms with E-state index in [0.29, 0.717) is 10.1 Å². The number of amidine groups is 1. The Bertz CT molecular complexity index is 1820. The van der Waals surface area contributed by atoms with E-state index in [4.69, 9.17) is 4.99 Å². The lowest BCUT2D eigenvalue weighted by atomic mass is 10.1. The monoisotopic (exact) mass is 633 g/mol. The number of hydrogen-bond acceptors (Lipinski definition) is 3. The van der Waals surface area contributed by atoms with E-state index >= 15 is 0 Å². The second-order valence-electron chi connectivity index (χ2n) is 10.4. The van der Waals surface area contributed by atoms with Crippen LogP contribution in [0.3, 0.4) is 0 Å². The number of fused-ring (bicyclic) bond motifs is 1. The van der Waals surface area contributed by atoms with Crippen LogP contribution in [0.25, 0.3) is 17.0 Å². The third-order valence-corrected chi connectivity index (χ3v) is 9.29. The molecule has 6 rings (SSSR count). The van der Waals surface area contributed by atoms with Crippen LogP contribution in [0, 0.1) is 6.92 Å². The molecule has 0 saturated carbocycles. The van der Waals surface area contributed by atoms with Gasteiger partial charge in [0.1, 0.15) is 0 Å². The summed E-state index contributed by atoms with van der Waals surface area (Å²) in [5.74, 6) is -0.0580. The van der Waals surface area contributed by atoms with E-state index in [1.54, 1.807) is 4.90 Å². The molecule has 6 heteroatoms. The number of anilines is 1. The molecule has 0 aliphatic carbocycles. The minimum absolute atomic E-state index is 0.0580. The second-order valence-corrected chi connectivity index (χ2v) is 12.3. The Hall–Kier alpha value is -3.87. The molecular weight excluding hydrogens is 602 g/mol. The Morgan fingerprint density at radius 3 is 2.10 bits per heavy atom. The Kier molecular flexibility index (Phi) is 8.18. The van der Waals surface area contributed by atoms with Gasteiger partial charge in [-0.2, -0.15) is 0 Å². The number of aromatic nitrogens is 1. The molecule has 1 aliphatic heterocycles. The van der Waals surface area contributed by atoms with Crippen LogP contribution in [0.5, 0.6) is 0 Å². The predicted molar refractivity (Wildman–Crippen MR) is 182 cm³/mol. The number of carbonyl (C=O) groups is 1. The van der Waals surface area contributed by atoms with Gasteiger partial charge in [0.15, 0.2) is 5.17 Å². The highest BCUT2D eigenvalue weighted by Crippen LogP contribution is 2.39. The normalized spacial score (nSPS) is 15.4. The zero-order valence-electron chi connectivity index (χ0n) is 24.0. The highest BCUT2D eigenvalue weighted by Gasteiger charge is 2.35. The van der Waals surface area contributed by atoms with Gasteiger partial charge in [0, 0.05) is 33.2 Å². The van der Waals surface area contributed by atoms with E-state index in [9.17, 15) is 4.79 Å². The van der Waals surface area contributed by atoms with Crippen LogP contribution in [0.4, 0.5) is 11.4 Å². The zero-order chi connectivity index (χ0) is 29.2. The summed E-state index contributed by atoms with van der Waals surface area (Å²) in [7, 11) is 0.